The van der Waals surface area contributed by atoms with Gasteiger partial charge in [-0.05, 0) is 66.2 Å². The minimum atomic E-state index is -0.0386. The van der Waals surface area contributed by atoms with Crippen molar-refractivity contribution in [2.45, 2.75) is 63.1 Å². The fourth-order valence-corrected chi connectivity index (χ4v) is 5.63. The van der Waals surface area contributed by atoms with Crippen LogP contribution in [0.2, 0.25) is 0 Å². The molecule has 4 rings (SSSR count). The molecule has 0 radical (unpaired) electrons. The molecule has 1 N–H and O–H groups in total. The maximum Gasteiger partial charge on any atom is 0.253 e. The molecule has 1 aromatic heterocycles. The van der Waals surface area contributed by atoms with Crippen molar-refractivity contribution in [2.75, 3.05) is 6.54 Å². The molecule has 1 amide bonds. The highest BCUT2D eigenvalue weighted by Gasteiger charge is 2.56. The van der Waals surface area contributed by atoms with Gasteiger partial charge in [0.25, 0.3) is 5.91 Å². The molecule has 0 aliphatic carbocycles. The Hall–Kier alpha value is -1.72. The zero-order valence-electron chi connectivity index (χ0n) is 16.4. The number of benzene rings is 1. The van der Waals surface area contributed by atoms with E-state index in [1.807, 2.05) is 6.07 Å². The number of hydrogen-bond acceptors (Lipinski definition) is 3. The molecule has 2 bridgehead atoms. The first-order chi connectivity index (χ1) is 13.7. The van der Waals surface area contributed by atoms with Crippen molar-refractivity contribution >= 4 is 21.8 Å². The van der Waals surface area contributed by atoms with Crippen LogP contribution in [0.15, 0.2) is 53.3 Å². The average Bonchev–Trinajstić information content (AvgIpc) is 3.26. The van der Waals surface area contributed by atoms with E-state index in [9.17, 15) is 4.79 Å². The molecule has 2 aliphatic rings. The molecule has 0 spiro atoms. The predicted molar refractivity (Wildman–Crippen MR) is 115 cm³/mol. The second-order valence-corrected chi connectivity index (χ2v) is 8.91. The molecule has 2 aliphatic heterocycles. The Bertz CT molecular complexity index is 818. The van der Waals surface area contributed by atoms with E-state index in [4.69, 9.17) is 0 Å². The Morgan fingerprint density at radius 1 is 1.29 bits per heavy atom. The van der Waals surface area contributed by atoms with Gasteiger partial charge in [0.15, 0.2) is 0 Å². The van der Waals surface area contributed by atoms with Crippen molar-refractivity contribution in [3.05, 3.63) is 64.4 Å². The maximum absolute atomic E-state index is 13.2. The number of nitrogens with zero attached hydrogens (tertiary/aromatic N) is 2. The van der Waals surface area contributed by atoms with E-state index in [0.29, 0.717) is 11.6 Å². The molecule has 0 saturated carbocycles. The van der Waals surface area contributed by atoms with Gasteiger partial charge in [-0.3, -0.25) is 14.7 Å². The number of carbonyl (C=O) groups excluding carboxylic acids is 1. The summed E-state index contributed by atoms with van der Waals surface area (Å²) < 4.78 is 0.732. The molecule has 28 heavy (non-hydrogen) atoms. The minimum absolute atomic E-state index is 0.00868. The average molecular weight is 442 g/mol. The lowest BCUT2D eigenvalue weighted by Crippen LogP contribution is -2.52. The Balaban J connectivity index is 1.69. The van der Waals surface area contributed by atoms with Crippen LogP contribution in [0, 0.1) is 0 Å². The Kier molecular flexibility index (Phi) is 5.83. The van der Waals surface area contributed by atoms with Crippen LogP contribution in [-0.2, 0) is 0 Å². The molecule has 148 valence electrons. The molecule has 1 atom stereocenters. The monoisotopic (exact) mass is 441 g/mol. The fourth-order valence-electron chi connectivity index (χ4n) is 5.19. The number of rotatable bonds is 7. The zero-order valence-corrected chi connectivity index (χ0v) is 18.0. The van der Waals surface area contributed by atoms with E-state index >= 15 is 0 Å². The summed E-state index contributed by atoms with van der Waals surface area (Å²) in [6.07, 6.45) is 10.5. The number of amides is 1. The molecule has 3 heterocycles. The molecule has 2 saturated heterocycles. The molecule has 2 aromatic rings. The van der Waals surface area contributed by atoms with Crippen LogP contribution in [0.1, 0.15) is 67.4 Å². The number of halogens is 1. The van der Waals surface area contributed by atoms with Crippen LogP contribution < -0.4 is 5.32 Å². The Labute approximate surface area is 175 Å². The number of aromatic nitrogens is 1. The summed E-state index contributed by atoms with van der Waals surface area (Å²) >= 11 is 3.48. The van der Waals surface area contributed by atoms with Gasteiger partial charge < -0.3 is 5.32 Å². The van der Waals surface area contributed by atoms with Crippen molar-refractivity contribution in [1.82, 2.24) is 15.2 Å². The summed E-state index contributed by atoms with van der Waals surface area (Å²) in [5.74, 6) is -0.0386. The largest absolute Gasteiger partial charge is 0.343 e. The topological polar surface area (TPSA) is 45.2 Å². The van der Waals surface area contributed by atoms with Crippen LogP contribution >= 0.6 is 15.9 Å². The number of pyridine rings is 1. The van der Waals surface area contributed by atoms with Gasteiger partial charge in [0.05, 0.1) is 11.6 Å². The third-order valence-electron chi connectivity index (χ3n) is 6.55. The van der Waals surface area contributed by atoms with E-state index in [1.54, 1.807) is 18.5 Å². The molecule has 1 unspecified atom stereocenters. The number of nitrogens with one attached hydrogen (secondary N) is 1. The summed E-state index contributed by atoms with van der Waals surface area (Å²) in [4.78, 5) is 20.0. The van der Waals surface area contributed by atoms with Crippen molar-refractivity contribution in [3.8, 4) is 0 Å². The molecular formula is C23H28BrN3O. The van der Waals surface area contributed by atoms with Crippen LogP contribution in [0.3, 0.4) is 0 Å². The molecular weight excluding hydrogens is 414 g/mol. The van der Waals surface area contributed by atoms with Crippen LogP contribution in [0.4, 0.5) is 0 Å². The van der Waals surface area contributed by atoms with Gasteiger partial charge in [-0.2, -0.15) is 0 Å². The van der Waals surface area contributed by atoms with Crippen molar-refractivity contribution in [1.29, 1.82) is 0 Å². The van der Waals surface area contributed by atoms with Gasteiger partial charge >= 0.3 is 0 Å². The Morgan fingerprint density at radius 2 is 2.04 bits per heavy atom. The summed E-state index contributed by atoms with van der Waals surface area (Å²) in [7, 11) is 0. The van der Waals surface area contributed by atoms with E-state index < -0.39 is 0 Å². The van der Waals surface area contributed by atoms with Crippen LogP contribution in [0.25, 0.3) is 0 Å². The first-order valence-electron chi connectivity index (χ1n) is 10.4. The van der Waals surface area contributed by atoms with E-state index in [-0.39, 0.29) is 17.5 Å². The molecule has 4 nitrogen and oxygen atoms in total. The third-order valence-corrected chi connectivity index (χ3v) is 7.18. The lowest BCUT2D eigenvalue weighted by atomic mass is 9.78. The molecule has 5 heteroatoms. The van der Waals surface area contributed by atoms with Crippen molar-refractivity contribution < 1.29 is 4.79 Å². The first-order valence-corrected chi connectivity index (χ1v) is 11.2. The molecule has 1 aromatic carbocycles. The lowest BCUT2D eigenvalue weighted by molar-refractivity contribution is 0.0777. The third kappa shape index (κ3) is 3.50. The SMILES string of the molecule is CCCCN1C2CCC1(C(NC(=O)c1ccncc1Br)c1ccccc1)CC2. The Morgan fingerprint density at radius 3 is 2.71 bits per heavy atom. The van der Waals surface area contributed by atoms with E-state index in [0.717, 1.165) is 23.9 Å². The van der Waals surface area contributed by atoms with Crippen molar-refractivity contribution in [2.24, 2.45) is 0 Å². The summed E-state index contributed by atoms with van der Waals surface area (Å²) in [5.41, 5.74) is 1.86. The van der Waals surface area contributed by atoms with Gasteiger partial charge in [0, 0.05) is 28.4 Å². The summed E-state index contributed by atoms with van der Waals surface area (Å²) in [5, 5.41) is 3.42. The van der Waals surface area contributed by atoms with E-state index in [1.165, 1.54) is 31.2 Å². The highest BCUT2D eigenvalue weighted by molar-refractivity contribution is 9.10. The standard InChI is InChI=1S/C23H28BrN3O/c1-2-3-15-27-18-9-12-23(27,13-10-18)21(17-7-5-4-6-8-17)26-22(28)19-11-14-25-16-20(19)24/h4-8,11,14,16,18,21H,2-3,9-10,12-13,15H2,1H3,(H,26,28). The summed E-state index contributed by atoms with van der Waals surface area (Å²) in [6, 6.07) is 12.9. The fraction of sp³-hybridized carbons (Fsp3) is 0.478. The lowest BCUT2D eigenvalue weighted by Gasteiger charge is -2.42. The number of unbranched alkanes of at least 4 members (excludes halogenated alkanes) is 1. The highest BCUT2D eigenvalue weighted by Crippen LogP contribution is 2.52. The van der Waals surface area contributed by atoms with Gasteiger partial charge in [0.1, 0.15) is 0 Å². The first kappa shape index (κ1) is 19.6. The van der Waals surface area contributed by atoms with Gasteiger partial charge in [0.2, 0.25) is 0 Å². The van der Waals surface area contributed by atoms with Gasteiger partial charge in [-0.15, -0.1) is 0 Å². The van der Waals surface area contributed by atoms with Gasteiger partial charge in [-0.1, -0.05) is 43.7 Å². The molecule has 2 fully saturated rings. The normalized spacial score (nSPS) is 25.0. The second kappa shape index (κ2) is 8.34. The maximum atomic E-state index is 13.2. The summed E-state index contributed by atoms with van der Waals surface area (Å²) in [6.45, 7) is 3.38. The second-order valence-electron chi connectivity index (χ2n) is 8.05. The van der Waals surface area contributed by atoms with Gasteiger partial charge in [-0.25, -0.2) is 0 Å². The minimum Gasteiger partial charge on any atom is -0.343 e. The van der Waals surface area contributed by atoms with E-state index in [2.05, 4.69) is 62.3 Å². The number of fused-ring (bicyclic) bond motifs is 2. The quantitative estimate of drug-likeness (QED) is 0.648. The highest BCUT2D eigenvalue weighted by atomic mass is 79.9. The number of hydrogen-bond donors (Lipinski definition) is 1. The zero-order chi connectivity index (χ0) is 19.6. The predicted octanol–water partition coefficient (Wildman–Crippen LogP) is 5.11. The van der Waals surface area contributed by atoms with Crippen LogP contribution in [-0.4, -0.2) is 33.9 Å². The number of carbonyl (C=O) groups is 1. The van der Waals surface area contributed by atoms with Crippen LogP contribution in [0.5, 0.6) is 0 Å². The van der Waals surface area contributed by atoms with Crippen molar-refractivity contribution in [3.63, 3.8) is 0 Å². The smallest absolute Gasteiger partial charge is 0.253 e.